The summed E-state index contributed by atoms with van der Waals surface area (Å²) in [5.74, 6) is 1.55. The summed E-state index contributed by atoms with van der Waals surface area (Å²) in [5.41, 5.74) is 1.06. The molecule has 20 heavy (non-hydrogen) atoms. The maximum Gasteiger partial charge on any atom is 0.194 e. The standard InChI is InChI=1S/C14H27N3O2S/c1-11(2)9-17(5)14(16-12(3)4)15-8-13-6-7-20(18,19)10-13/h12-13H,1,6-10H2,2-5H3,(H,15,16). The average molecular weight is 301 g/mol. The maximum absolute atomic E-state index is 11.5. The first kappa shape index (κ1) is 17.0. The van der Waals surface area contributed by atoms with Crippen molar-refractivity contribution in [1.82, 2.24) is 10.2 Å². The van der Waals surface area contributed by atoms with Crippen molar-refractivity contribution in [2.24, 2.45) is 10.9 Å². The van der Waals surface area contributed by atoms with Crippen LogP contribution in [0.2, 0.25) is 0 Å². The zero-order valence-corrected chi connectivity index (χ0v) is 13.8. The smallest absolute Gasteiger partial charge is 0.194 e. The fourth-order valence-electron chi connectivity index (χ4n) is 2.25. The number of nitrogens with one attached hydrogen (secondary N) is 1. The second-order valence-electron chi connectivity index (χ2n) is 6.05. The molecule has 116 valence electrons. The number of hydrogen-bond donors (Lipinski definition) is 1. The Morgan fingerprint density at radius 2 is 2.15 bits per heavy atom. The van der Waals surface area contributed by atoms with Crippen LogP contribution in [0.1, 0.15) is 27.2 Å². The van der Waals surface area contributed by atoms with Gasteiger partial charge in [-0.05, 0) is 33.1 Å². The molecule has 1 unspecified atom stereocenters. The fraction of sp³-hybridized carbons (Fsp3) is 0.786. The molecule has 1 rings (SSSR count). The number of sulfone groups is 1. The summed E-state index contributed by atoms with van der Waals surface area (Å²) in [7, 11) is -0.856. The second-order valence-corrected chi connectivity index (χ2v) is 8.27. The van der Waals surface area contributed by atoms with Gasteiger partial charge in [-0.25, -0.2) is 8.42 Å². The molecule has 0 aromatic rings. The van der Waals surface area contributed by atoms with Crippen molar-refractivity contribution >= 4 is 15.8 Å². The highest BCUT2D eigenvalue weighted by molar-refractivity contribution is 7.91. The number of guanidine groups is 1. The minimum atomic E-state index is -2.82. The van der Waals surface area contributed by atoms with Gasteiger partial charge in [-0.15, -0.1) is 0 Å². The lowest BCUT2D eigenvalue weighted by Crippen LogP contribution is -2.43. The lowest BCUT2D eigenvalue weighted by atomic mass is 10.1. The van der Waals surface area contributed by atoms with Crippen LogP contribution in [-0.4, -0.2) is 57.0 Å². The summed E-state index contributed by atoms with van der Waals surface area (Å²) >= 11 is 0. The van der Waals surface area contributed by atoms with Gasteiger partial charge in [-0.3, -0.25) is 4.99 Å². The highest BCUT2D eigenvalue weighted by Gasteiger charge is 2.27. The molecule has 0 amide bonds. The predicted octanol–water partition coefficient (Wildman–Crippen LogP) is 1.28. The summed E-state index contributed by atoms with van der Waals surface area (Å²) in [5, 5.41) is 3.32. The molecule has 6 heteroatoms. The van der Waals surface area contributed by atoms with Gasteiger partial charge < -0.3 is 10.2 Å². The van der Waals surface area contributed by atoms with Gasteiger partial charge in [0, 0.05) is 26.2 Å². The first-order valence-electron chi connectivity index (χ1n) is 7.06. The number of aliphatic imine (C=N–C) groups is 1. The fourth-order valence-corrected chi connectivity index (χ4v) is 4.10. The zero-order valence-electron chi connectivity index (χ0n) is 13.0. The lowest BCUT2D eigenvalue weighted by Gasteiger charge is -2.24. The summed E-state index contributed by atoms with van der Waals surface area (Å²) in [4.78, 5) is 6.61. The van der Waals surface area contributed by atoms with Crippen molar-refractivity contribution in [1.29, 1.82) is 0 Å². The minimum Gasteiger partial charge on any atom is -0.354 e. The van der Waals surface area contributed by atoms with E-state index >= 15 is 0 Å². The highest BCUT2D eigenvalue weighted by atomic mass is 32.2. The maximum atomic E-state index is 11.5. The largest absolute Gasteiger partial charge is 0.354 e. The van der Waals surface area contributed by atoms with Gasteiger partial charge in [0.1, 0.15) is 0 Å². The SMILES string of the molecule is C=C(C)CN(C)C(=NCC1CCS(=O)(=O)C1)NC(C)C. The first-order chi connectivity index (χ1) is 9.19. The number of nitrogens with zero attached hydrogens (tertiary/aromatic N) is 2. The Kier molecular flexibility index (Phi) is 6.05. The first-order valence-corrected chi connectivity index (χ1v) is 8.88. The average Bonchev–Trinajstić information content (AvgIpc) is 2.62. The Bertz CT molecular complexity index is 469. The third-order valence-corrected chi connectivity index (χ3v) is 4.95. The Labute approximate surface area is 123 Å². The minimum absolute atomic E-state index is 0.155. The molecule has 0 saturated carbocycles. The molecular weight excluding hydrogens is 274 g/mol. The van der Waals surface area contributed by atoms with E-state index in [0.29, 0.717) is 12.3 Å². The van der Waals surface area contributed by atoms with E-state index in [4.69, 9.17) is 0 Å². The van der Waals surface area contributed by atoms with Crippen LogP contribution >= 0.6 is 0 Å². The molecule has 0 bridgehead atoms. The van der Waals surface area contributed by atoms with Crippen LogP contribution in [0.5, 0.6) is 0 Å². The van der Waals surface area contributed by atoms with Crippen molar-refractivity contribution in [2.45, 2.75) is 33.2 Å². The molecule has 1 aliphatic rings. The van der Waals surface area contributed by atoms with E-state index in [0.717, 1.165) is 24.5 Å². The van der Waals surface area contributed by atoms with Crippen LogP contribution in [0.3, 0.4) is 0 Å². The lowest BCUT2D eigenvalue weighted by molar-refractivity contribution is 0.499. The molecule has 0 aromatic carbocycles. The van der Waals surface area contributed by atoms with Crippen molar-refractivity contribution in [3.8, 4) is 0 Å². The van der Waals surface area contributed by atoms with Crippen LogP contribution in [0, 0.1) is 5.92 Å². The summed E-state index contributed by atoms with van der Waals surface area (Å²) in [6, 6.07) is 0.286. The van der Waals surface area contributed by atoms with Gasteiger partial charge in [-0.1, -0.05) is 12.2 Å². The van der Waals surface area contributed by atoms with Crippen molar-refractivity contribution in [2.75, 3.05) is 31.6 Å². The molecule has 1 fully saturated rings. The van der Waals surface area contributed by atoms with Crippen LogP contribution in [0.15, 0.2) is 17.1 Å². The Morgan fingerprint density at radius 3 is 2.60 bits per heavy atom. The highest BCUT2D eigenvalue weighted by Crippen LogP contribution is 2.18. The van der Waals surface area contributed by atoms with Crippen LogP contribution in [0.25, 0.3) is 0 Å². The molecular formula is C14H27N3O2S. The number of rotatable bonds is 5. The predicted molar refractivity (Wildman–Crippen MR) is 84.8 cm³/mol. The molecule has 1 N–H and O–H groups in total. The third kappa shape index (κ3) is 5.94. The van der Waals surface area contributed by atoms with Gasteiger partial charge in [0.05, 0.1) is 11.5 Å². The van der Waals surface area contributed by atoms with Crippen molar-refractivity contribution < 1.29 is 8.42 Å². The van der Waals surface area contributed by atoms with Gasteiger partial charge >= 0.3 is 0 Å². The molecule has 1 atom stereocenters. The van der Waals surface area contributed by atoms with Crippen LogP contribution in [0.4, 0.5) is 0 Å². The Balaban J connectivity index is 2.67. The van der Waals surface area contributed by atoms with E-state index in [2.05, 4.69) is 30.7 Å². The van der Waals surface area contributed by atoms with Gasteiger partial charge in [-0.2, -0.15) is 0 Å². The van der Waals surface area contributed by atoms with E-state index in [1.807, 2.05) is 18.9 Å². The molecule has 0 aliphatic carbocycles. The summed E-state index contributed by atoms with van der Waals surface area (Å²) in [6.07, 6.45) is 0.727. The quantitative estimate of drug-likeness (QED) is 0.472. The number of likely N-dealkylation sites (N-methyl/N-ethyl adjacent to an activating group) is 1. The van der Waals surface area contributed by atoms with Gasteiger partial charge in [0.25, 0.3) is 0 Å². The molecule has 1 heterocycles. The van der Waals surface area contributed by atoms with Gasteiger partial charge in [0.2, 0.25) is 0 Å². The Hall–Kier alpha value is -1.04. The van der Waals surface area contributed by atoms with Crippen molar-refractivity contribution in [3.63, 3.8) is 0 Å². The van der Waals surface area contributed by atoms with E-state index in [1.165, 1.54) is 0 Å². The van der Waals surface area contributed by atoms with E-state index < -0.39 is 9.84 Å². The van der Waals surface area contributed by atoms with Crippen molar-refractivity contribution in [3.05, 3.63) is 12.2 Å². The number of hydrogen-bond acceptors (Lipinski definition) is 3. The van der Waals surface area contributed by atoms with Crippen LogP contribution < -0.4 is 5.32 Å². The summed E-state index contributed by atoms with van der Waals surface area (Å²) < 4.78 is 22.9. The van der Waals surface area contributed by atoms with E-state index in [9.17, 15) is 8.42 Å². The molecule has 0 radical (unpaired) electrons. The van der Waals surface area contributed by atoms with E-state index in [1.54, 1.807) is 0 Å². The molecule has 0 spiro atoms. The molecule has 0 aromatic heterocycles. The van der Waals surface area contributed by atoms with E-state index in [-0.39, 0.29) is 17.7 Å². The monoisotopic (exact) mass is 301 g/mol. The van der Waals surface area contributed by atoms with Gasteiger partial charge in [0.15, 0.2) is 15.8 Å². The molecule has 1 aliphatic heterocycles. The van der Waals surface area contributed by atoms with Crippen LogP contribution in [-0.2, 0) is 9.84 Å². The zero-order chi connectivity index (χ0) is 15.3. The summed E-state index contributed by atoms with van der Waals surface area (Å²) in [6.45, 7) is 11.3. The second kappa shape index (κ2) is 7.11. The molecule has 5 nitrogen and oxygen atoms in total. The Morgan fingerprint density at radius 1 is 1.50 bits per heavy atom. The third-order valence-electron chi connectivity index (χ3n) is 3.11. The topological polar surface area (TPSA) is 61.8 Å². The molecule has 1 saturated heterocycles. The normalized spacial score (nSPS) is 22.1.